The van der Waals surface area contributed by atoms with Crippen LogP contribution in [0.25, 0.3) is 10.8 Å². The standard InChI is InChI=1S/C25H31N3S2/c1-5-6-14-30-23-15-20(25(2,3)4)11-10-19(23)17-27-24(29)28-22-9-7-8-18-16-26-13-12-21(18)22/h7-13,15-16H,5-6,14,17H2,1-4H3,(H2,27,28,29). The molecule has 0 atom stereocenters. The summed E-state index contributed by atoms with van der Waals surface area (Å²) in [5.41, 5.74) is 3.80. The Morgan fingerprint density at radius 1 is 1.13 bits per heavy atom. The van der Waals surface area contributed by atoms with E-state index in [-0.39, 0.29) is 5.41 Å². The van der Waals surface area contributed by atoms with E-state index in [1.165, 1.54) is 28.9 Å². The molecular weight excluding hydrogens is 406 g/mol. The van der Waals surface area contributed by atoms with Gasteiger partial charge in [0.1, 0.15) is 0 Å². The van der Waals surface area contributed by atoms with Crippen molar-refractivity contribution >= 4 is 45.6 Å². The van der Waals surface area contributed by atoms with E-state index in [0.717, 1.165) is 22.2 Å². The molecule has 0 fully saturated rings. The van der Waals surface area contributed by atoms with Gasteiger partial charge in [0.2, 0.25) is 0 Å². The van der Waals surface area contributed by atoms with Gasteiger partial charge in [-0.3, -0.25) is 4.98 Å². The van der Waals surface area contributed by atoms with E-state index in [1.807, 2.05) is 36.2 Å². The van der Waals surface area contributed by atoms with Gasteiger partial charge in [0.15, 0.2) is 5.11 Å². The Kier molecular flexibility index (Phi) is 7.73. The molecule has 3 aromatic rings. The molecule has 0 bridgehead atoms. The lowest BCUT2D eigenvalue weighted by Gasteiger charge is -2.22. The third-order valence-corrected chi connectivity index (χ3v) is 6.49. The van der Waals surface area contributed by atoms with Crippen molar-refractivity contribution in [3.05, 3.63) is 66.0 Å². The Morgan fingerprint density at radius 2 is 1.97 bits per heavy atom. The van der Waals surface area contributed by atoms with Crippen LogP contribution in [0, 0.1) is 0 Å². The van der Waals surface area contributed by atoms with Gasteiger partial charge in [0.05, 0.1) is 0 Å². The van der Waals surface area contributed by atoms with Crippen LogP contribution in [0.4, 0.5) is 5.69 Å². The molecule has 0 spiro atoms. The van der Waals surface area contributed by atoms with Gasteiger partial charge in [0.25, 0.3) is 0 Å². The molecule has 3 nitrogen and oxygen atoms in total. The molecule has 5 heteroatoms. The fourth-order valence-electron chi connectivity index (χ4n) is 3.20. The van der Waals surface area contributed by atoms with Crippen molar-refractivity contribution in [2.45, 2.75) is 57.4 Å². The molecule has 1 heterocycles. The summed E-state index contributed by atoms with van der Waals surface area (Å²) in [5, 5.41) is 9.58. The number of thioether (sulfide) groups is 1. The minimum Gasteiger partial charge on any atom is -0.358 e. The Hall–Kier alpha value is -2.11. The molecule has 0 amide bonds. The Morgan fingerprint density at radius 3 is 2.73 bits per heavy atom. The number of benzene rings is 2. The van der Waals surface area contributed by atoms with Crippen molar-refractivity contribution in [3.8, 4) is 0 Å². The van der Waals surface area contributed by atoms with Gasteiger partial charge in [-0.1, -0.05) is 58.4 Å². The molecule has 2 aromatic carbocycles. The highest BCUT2D eigenvalue weighted by molar-refractivity contribution is 7.99. The minimum atomic E-state index is 0.145. The van der Waals surface area contributed by atoms with Crippen molar-refractivity contribution in [2.75, 3.05) is 11.1 Å². The number of aromatic nitrogens is 1. The van der Waals surface area contributed by atoms with E-state index in [2.05, 4.69) is 67.6 Å². The van der Waals surface area contributed by atoms with Crippen molar-refractivity contribution < 1.29 is 0 Å². The van der Waals surface area contributed by atoms with Gasteiger partial charge >= 0.3 is 0 Å². The van der Waals surface area contributed by atoms with Crippen LogP contribution in [0.1, 0.15) is 51.7 Å². The molecule has 2 N–H and O–H groups in total. The predicted molar refractivity (Wildman–Crippen MR) is 136 cm³/mol. The molecular formula is C25H31N3S2. The molecule has 0 aliphatic rings. The van der Waals surface area contributed by atoms with Crippen molar-refractivity contribution in [1.29, 1.82) is 0 Å². The topological polar surface area (TPSA) is 37.0 Å². The first-order valence-corrected chi connectivity index (χ1v) is 11.9. The Bertz CT molecular complexity index is 1000. The zero-order valence-corrected chi connectivity index (χ0v) is 19.9. The quantitative estimate of drug-likeness (QED) is 0.239. The number of nitrogens with zero attached hydrogens (tertiary/aromatic N) is 1. The third-order valence-electron chi connectivity index (χ3n) is 5.06. The summed E-state index contributed by atoms with van der Waals surface area (Å²) >= 11 is 7.54. The van der Waals surface area contributed by atoms with Crippen LogP contribution in [0.3, 0.4) is 0 Å². The number of anilines is 1. The van der Waals surface area contributed by atoms with Crippen LogP contribution in [-0.4, -0.2) is 15.8 Å². The monoisotopic (exact) mass is 437 g/mol. The molecule has 0 aliphatic heterocycles. The number of unbranched alkanes of at least 4 members (excludes halogenated alkanes) is 1. The lowest BCUT2D eigenvalue weighted by atomic mass is 9.86. The molecule has 0 radical (unpaired) electrons. The summed E-state index contributed by atoms with van der Waals surface area (Å²) < 4.78 is 0. The molecule has 0 unspecified atom stereocenters. The number of hydrogen-bond donors (Lipinski definition) is 2. The highest BCUT2D eigenvalue weighted by Crippen LogP contribution is 2.31. The summed E-state index contributed by atoms with van der Waals surface area (Å²) in [4.78, 5) is 5.54. The van der Waals surface area contributed by atoms with E-state index in [1.54, 1.807) is 6.20 Å². The summed E-state index contributed by atoms with van der Waals surface area (Å²) in [5.74, 6) is 1.14. The van der Waals surface area contributed by atoms with Gasteiger partial charge < -0.3 is 10.6 Å². The average molecular weight is 438 g/mol. The summed E-state index contributed by atoms with van der Waals surface area (Å²) in [7, 11) is 0. The number of nitrogens with one attached hydrogen (secondary N) is 2. The maximum Gasteiger partial charge on any atom is 0.171 e. The van der Waals surface area contributed by atoms with Crippen LogP contribution in [0.5, 0.6) is 0 Å². The molecule has 0 saturated carbocycles. The van der Waals surface area contributed by atoms with Crippen LogP contribution in [0.2, 0.25) is 0 Å². The second-order valence-corrected chi connectivity index (χ2v) is 10.0. The fraction of sp³-hybridized carbons (Fsp3) is 0.360. The van der Waals surface area contributed by atoms with Gasteiger partial charge in [-0.25, -0.2) is 0 Å². The maximum atomic E-state index is 5.59. The second kappa shape index (κ2) is 10.3. The highest BCUT2D eigenvalue weighted by Gasteiger charge is 2.16. The summed E-state index contributed by atoms with van der Waals surface area (Å²) in [6, 6.07) is 15.0. The van der Waals surface area contributed by atoms with Crippen LogP contribution < -0.4 is 10.6 Å². The van der Waals surface area contributed by atoms with Gasteiger partial charge in [-0.2, -0.15) is 0 Å². The van der Waals surface area contributed by atoms with Gasteiger partial charge in [0, 0.05) is 40.3 Å². The third kappa shape index (κ3) is 5.96. The molecule has 1 aromatic heterocycles. The van der Waals surface area contributed by atoms with Crippen LogP contribution in [-0.2, 0) is 12.0 Å². The number of pyridine rings is 1. The molecule has 0 aliphatic carbocycles. The number of rotatable bonds is 7. The number of fused-ring (bicyclic) bond motifs is 1. The number of hydrogen-bond acceptors (Lipinski definition) is 3. The largest absolute Gasteiger partial charge is 0.358 e. The normalized spacial score (nSPS) is 11.5. The lowest BCUT2D eigenvalue weighted by Crippen LogP contribution is -2.28. The van der Waals surface area contributed by atoms with Crippen molar-refractivity contribution in [2.24, 2.45) is 0 Å². The summed E-state index contributed by atoms with van der Waals surface area (Å²) in [6.07, 6.45) is 6.12. The average Bonchev–Trinajstić information content (AvgIpc) is 2.72. The second-order valence-electron chi connectivity index (χ2n) is 8.48. The fourth-order valence-corrected chi connectivity index (χ4v) is 4.57. The molecule has 30 heavy (non-hydrogen) atoms. The van der Waals surface area contributed by atoms with Crippen LogP contribution >= 0.6 is 24.0 Å². The smallest absolute Gasteiger partial charge is 0.171 e. The first-order valence-electron chi connectivity index (χ1n) is 10.5. The van der Waals surface area contributed by atoms with E-state index in [0.29, 0.717) is 11.7 Å². The SMILES string of the molecule is CCCCSc1cc(C(C)(C)C)ccc1CNC(=S)Nc1cccc2cnccc12. The molecule has 0 saturated heterocycles. The first kappa shape index (κ1) is 22.6. The van der Waals surface area contributed by atoms with Crippen molar-refractivity contribution in [3.63, 3.8) is 0 Å². The minimum absolute atomic E-state index is 0.145. The molecule has 158 valence electrons. The Balaban J connectivity index is 1.71. The zero-order valence-electron chi connectivity index (χ0n) is 18.3. The van der Waals surface area contributed by atoms with E-state index >= 15 is 0 Å². The lowest BCUT2D eigenvalue weighted by molar-refractivity contribution is 0.588. The van der Waals surface area contributed by atoms with Crippen LogP contribution in [0.15, 0.2) is 59.8 Å². The van der Waals surface area contributed by atoms with E-state index < -0.39 is 0 Å². The van der Waals surface area contributed by atoms with E-state index in [9.17, 15) is 0 Å². The number of thiocarbonyl (C=S) groups is 1. The van der Waals surface area contributed by atoms with Crippen molar-refractivity contribution in [1.82, 2.24) is 10.3 Å². The highest BCUT2D eigenvalue weighted by atomic mass is 32.2. The van der Waals surface area contributed by atoms with Gasteiger partial charge in [-0.05, 0) is 59.1 Å². The first-order chi connectivity index (χ1) is 14.4. The summed E-state index contributed by atoms with van der Waals surface area (Å²) in [6.45, 7) is 9.73. The van der Waals surface area contributed by atoms with E-state index in [4.69, 9.17) is 12.2 Å². The Labute approximate surface area is 190 Å². The molecule has 3 rings (SSSR count). The van der Waals surface area contributed by atoms with Gasteiger partial charge in [-0.15, -0.1) is 11.8 Å². The maximum absolute atomic E-state index is 5.59. The zero-order chi connectivity index (χ0) is 21.6. The predicted octanol–water partition coefficient (Wildman–Crippen LogP) is 6.91.